The van der Waals surface area contributed by atoms with Crippen molar-refractivity contribution < 1.29 is 32.0 Å². The zero-order valence-electron chi connectivity index (χ0n) is 17.6. The van der Waals surface area contributed by atoms with Gasteiger partial charge >= 0.3 is 6.36 Å². The van der Waals surface area contributed by atoms with Crippen molar-refractivity contribution in [3.8, 4) is 22.6 Å². The summed E-state index contributed by atoms with van der Waals surface area (Å²) in [5.41, 5.74) is 4.07. The third-order valence-corrected chi connectivity index (χ3v) is 7.14. The van der Waals surface area contributed by atoms with Crippen LogP contribution in [0.5, 0.6) is 11.5 Å². The Bertz CT molecular complexity index is 1370. The fourth-order valence-electron chi connectivity index (χ4n) is 4.66. The summed E-state index contributed by atoms with van der Waals surface area (Å²) in [6, 6.07) is 16.6. The highest BCUT2D eigenvalue weighted by Crippen LogP contribution is 2.45. The second-order valence-corrected chi connectivity index (χ2v) is 9.21. The number of fused-ring (bicyclic) bond motifs is 1. The maximum absolute atomic E-state index is 12.9. The van der Waals surface area contributed by atoms with E-state index in [2.05, 4.69) is 9.46 Å². The summed E-state index contributed by atoms with van der Waals surface area (Å²) in [7, 11) is -1.72. The average Bonchev–Trinajstić information content (AvgIpc) is 3.35. The Hall–Kier alpha value is -3.59. The third-order valence-electron chi connectivity index (χ3n) is 6.02. The molecule has 2 atom stereocenters. The first-order valence-electron chi connectivity index (χ1n) is 10.5. The van der Waals surface area contributed by atoms with E-state index in [0.717, 1.165) is 16.7 Å². The second kappa shape index (κ2) is 8.32. The van der Waals surface area contributed by atoms with E-state index in [9.17, 15) is 27.3 Å². The van der Waals surface area contributed by atoms with Gasteiger partial charge in [0.25, 0.3) is 5.91 Å². The lowest BCUT2D eigenvalue weighted by Crippen LogP contribution is -2.17. The SMILES string of the molecule is O=C1C=C(c2ccc([C@H]3CCc4c(-c5ccccc5OC(F)(F)F)cccc43)cc2O)S(=O)N1. The quantitative estimate of drug-likeness (QED) is 0.535. The lowest BCUT2D eigenvalue weighted by Gasteiger charge is -2.17. The summed E-state index contributed by atoms with van der Waals surface area (Å²) in [4.78, 5) is 11.7. The number of halogens is 3. The van der Waals surface area contributed by atoms with Crippen molar-refractivity contribution in [1.82, 2.24) is 4.72 Å². The lowest BCUT2D eigenvalue weighted by atomic mass is 9.90. The number of amides is 1. The van der Waals surface area contributed by atoms with E-state index in [-0.39, 0.29) is 22.3 Å². The molecular formula is C25H18F3NO4S. The molecule has 1 unspecified atom stereocenters. The van der Waals surface area contributed by atoms with Crippen LogP contribution >= 0.6 is 0 Å². The molecule has 1 aliphatic heterocycles. The number of benzene rings is 3. The topological polar surface area (TPSA) is 75.6 Å². The van der Waals surface area contributed by atoms with Gasteiger partial charge in [-0.15, -0.1) is 13.2 Å². The maximum Gasteiger partial charge on any atom is 0.573 e. The molecule has 2 N–H and O–H groups in total. The van der Waals surface area contributed by atoms with E-state index < -0.39 is 23.3 Å². The summed E-state index contributed by atoms with van der Waals surface area (Å²) in [5, 5.41) is 10.6. The van der Waals surface area contributed by atoms with Crippen LogP contribution < -0.4 is 9.46 Å². The fourth-order valence-corrected chi connectivity index (χ4v) is 5.59. The number of hydrogen-bond acceptors (Lipinski definition) is 4. The van der Waals surface area contributed by atoms with Crippen molar-refractivity contribution in [3.63, 3.8) is 0 Å². The van der Waals surface area contributed by atoms with Crippen molar-refractivity contribution in [2.75, 3.05) is 0 Å². The van der Waals surface area contributed by atoms with Crippen LogP contribution in [-0.2, 0) is 22.2 Å². The van der Waals surface area contributed by atoms with E-state index in [0.29, 0.717) is 29.5 Å². The van der Waals surface area contributed by atoms with Gasteiger partial charge < -0.3 is 9.84 Å². The molecule has 5 nitrogen and oxygen atoms in total. The number of ether oxygens (including phenoxy) is 1. The molecule has 0 spiro atoms. The molecule has 0 saturated heterocycles. The van der Waals surface area contributed by atoms with Crippen LogP contribution in [0, 0.1) is 0 Å². The number of phenolic OH excluding ortho intramolecular Hbond substituents is 1. The highest BCUT2D eigenvalue weighted by atomic mass is 32.2. The molecule has 0 aromatic heterocycles. The second-order valence-electron chi connectivity index (χ2n) is 8.03. The van der Waals surface area contributed by atoms with Gasteiger partial charge in [-0.3, -0.25) is 9.52 Å². The van der Waals surface area contributed by atoms with E-state index in [1.807, 2.05) is 12.1 Å². The summed E-state index contributed by atoms with van der Waals surface area (Å²) in [5.74, 6) is -0.908. The molecule has 2 aliphatic rings. The van der Waals surface area contributed by atoms with Gasteiger partial charge in [-0.1, -0.05) is 42.5 Å². The van der Waals surface area contributed by atoms with Gasteiger partial charge in [0.05, 0.1) is 4.91 Å². The minimum absolute atomic E-state index is 0.0755. The Kier molecular flexibility index (Phi) is 5.44. The average molecular weight is 485 g/mol. The highest BCUT2D eigenvalue weighted by molar-refractivity contribution is 7.94. The van der Waals surface area contributed by atoms with Crippen molar-refractivity contribution >= 4 is 21.8 Å². The number of para-hydroxylation sites is 1. The van der Waals surface area contributed by atoms with Crippen molar-refractivity contribution in [2.45, 2.75) is 25.1 Å². The van der Waals surface area contributed by atoms with Crippen LogP contribution in [-0.4, -0.2) is 21.6 Å². The Labute approximate surface area is 195 Å². The summed E-state index contributed by atoms with van der Waals surface area (Å²) < 4.78 is 57.4. The molecule has 5 rings (SSSR count). The number of carbonyl (C=O) groups is 1. The first-order chi connectivity index (χ1) is 16.2. The van der Waals surface area contributed by atoms with E-state index in [4.69, 9.17) is 0 Å². The Morgan fingerprint density at radius 1 is 1.00 bits per heavy atom. The molecule has 1 amide bonds. The van der Waals surface area contributed by atoms with Crippen molar-refractivity contribution in [1.29, 1.82) is 0 Å². The van der Waals surface area contributed by atoms with Crippen molar-refractivity contribution in [2.24, 2.45) is 0 Å². The Balaban J connectivity index is 1.51. The molecule has 34 heavy (non-hydrogen) atoms. The number of nitrogens with one attached hydrogen (secondary N) is 1. The maximum atomic E-state index is 12.9. The number of hydrogen-bond donors (Lipinski definition) is 2. The normalized spacial score (nSPS) is 19.5. The van der Waals surface area contributed by atoms with Crippen LogP contribution in [0.1, 0.15) is 34.6 Å². The zero-order chi connectivity index (χ0) is 24.0. The zero-order valence-corrected chi connectivity index (χ0v) is 18.4. The molecule has 3 aromatic carbocycles. The standard InChI is InChI=1S/C25H18F3NO4S/c26-25(27,28)33-22-7-2-1-4-19(22)17-6-3-5-16-15(10-11-18(16)17)14-8-9-20(21(30)12-14)23-13-24(31)29-34(23)32/h1-9,12-13,15,30H,10-11H2,(H,29,31)/t15-,34?/m1/s1. The fraction of sp³-hybridized carbons (Fsp3) is 0.160. The minimum atomic E-state index is -4.80. The summed E-state index contributed by atoms with van der Waals surface area (Å²) in [6.45, 7) is 0. The number of phenols is 1. The van der Waals surface area contributed by atoms with Gasteiger partial charge in [0.15, 0.2) is 11.0 Å². The lowest BCUT2D eigenvalue weighted by molar-refractivity contribution is -0.274. The van der Waals surface area contributed by atoms with Gasteiger partial charge in [-0.2, -0.15) is 0 Å². The Morgan fingerprint density at radius 3 is 2.47 bits per heavy atom. The van der Waals surface area contributed by atoms with Gasteiger partial charge in [-0.05, 0) is 53.3 Å². The Morgan fingerprint density at radius 2 is 1.76 bits per heavy atom. The van der Waals surface area contributed by atoms with Crippen LogP contribution in [0.3, 0.4) is 0 Å². The van der Waals surface area contributed by atoms with Crippen molar-refractivity contribution in [3.05, 3.63) is 89.0 Å². The van der Waals surface area contributed by atoms with Crippen LogP contribution in [0.15, 0.2) is 66.7 Å². The number of alkyl halides is 3. The molecule has 0 radical (unpaired) electrons. The number of aromatic hydroxyl groups is 1. The van der Waals surface area contributed by atoms with E-state index in [1.54, 1.807) is 36.4 Å². The predicted octanol–water partition coefficient (Wildman–Crippen LogP) is 5.17. The predicted molar refractivity (Wildman–Crippen MR) is 121 cm³/mol. The molecule has 9 heteroatoms. The van der Waals surface area contributed by atoms with Gasteiger partial charge in [0.2, 0.25) is 0 Å². The van der Waals surface area contributed by atoms with Gasteiger partial charge in [0.1, 0.15) is 11.5 Å². The largest absolute Gasteiger partial charge is 0.573 e. The number of rotatable bonds is 4. The molecule has 1 aliphatic carbocycles. The van der Waals surface area contributed by atoms with E-state index in [1.165, 1.54) is 18.2 Å². The molecule has 0 bridgehead atoms. The summed E-state index contributed by atoms with van der Waals surface area (Å²) >= 11 is 0. The molecule has 1 heterocycles. The van der Waals surface area contributed by atoms with Gasteiger partial charge in [-0.25, -0.2) is 4.21 Å². The van der Waals surface area contributed by atoms with E-state index >= 15 is 0 Å². The van der Waals surface area contributed by atoms with Crippen LogP contribution in [0.4, 0.5) is 13.2 Å². The minimum Gasteiger partial charge on any atom is -0.507 e. The molecule has 174 valence electrons. The smallest absolute Gasteiger partial charge is 0.507 e. The molecule has 0 fully saturated rings. The monoisotopic (exact) mass is 485 g/mol. The summed E-state index contributed by atoms with van der Waals surface area (Å²) in [6.07, 6.45) is -2.24. The molecular weight excluding hydrogens is 467 g/mol. The van der Waals surface area contributed by atoms with Crippen LogP contribution in [0.25, 0.3) is 16.0 Å². The molecule has 0 saturated carbocycles. The third kappa shape index (κ3) is 4.07. The first kappa shape index (κ1) is 22.2. The number of carbonyl (C=O) groups excluding carboxylic acids is 1. The van der Waals surface area contributed by atoms with Crippen LogP contribution in [0.2, 0.25) is 0 Å². The molecule has 3 aromatic rings. The highest BCUT2D eigenvalue weighted by Gasteiger charge is 2.33. The first-order valence-corrected chi connectivity index (χ1v) is 11.6. The van der Waals surface area contributed by atoms with Gasteiger partial charge in [0, 0.05) is 23.1 Å².